The topological polar surface area (TPSA) is 35.5 Å². The Bertz CT molecular complexity index is 210. The van der Waals surface area contributed by atoms with Crippen LogP contribution in [0.15, 0.2) is 0 Å². The van der Waals surface area contributed by atoms with Gasteiger partial charge in [0, 0.05) is 18.6 Å². The third-order valence-corrected chi connectivity index (χ3v) is 4.30. The van der Waals surface area contributed by atoms with E-state index in [4.69, 9.17) is 0 Å². The number of hydrogen-bond donors (Lipinski definition) is 2. The third-order valence-electron chi connectivity index (χ3n) is 4.30. The van der Waals surface area contributed by atoms with E-state index in [1.165, 1.54) is 45.2 Å². The van der Waals surface area contributed by atoms with E-state index in [0.29, 0.717) is 12.6 Å². The first-order valence-electron chi connectivity index (χ1n) is 6.93. The predicted octanol–water partition coefficient (Wildman–Crippen LogP) is 1.22. The van der Waals surface area contributed by atoms with E-state index in [9.17, 15) is 5.11 Å². The van der Waals surface area contributed by atoms with Crippen molar-refractivity contribution in [3.05, 3.63) is 0 Å². The second kappa shape index (κ2) is 5.99. The van der Waals surface area contributed by atoms with Gasteiger partial charge in [0.2, 0.25) is 0 Å². The average Bonchev–Trinajstić information content (AvgIpc) is 2.89. The fourth-order valence-corrected chi connectivity index (χ4v) is 3.43. The normalized spacial score (nSPS) is 36.0. The van der Waals surface area contributed by atoms with Gasteiger partial charge in [0.15, 0.2) is 0 Å². The number of aliphatic hydroxyl groups excluding tert-OH is 1. The molecule has 0 aromatic carbocycles. The maximum absolute atomic E-state index is 9.32. The van der Waals surface area contributed by atoms with E-state index >= 15 is 0 Å². The summed E-state index contributed by atoms with van der Waals surface area (Å²) >= 11 is 0. The van der Waals surface area contributed by atoms with Crippen LogP contribution in [0.4, 0.5) is 0 Å². The molecule has 1 saturated heterocycles. The molecule has 3 atom stereocenters. The Hall–Kier alpha value is -0.120. The van der Waals surface area contributed by atoms with Crippen LogP contribution < -0.4 is 5.32 Å². The standard InChI is InChI=1S/C13H26N2O/c1-2-14-13-7-3-5-11(13)9-15-8-4-6-12(15)10-16/h11-14,16H,2-10H2,1H3. The molecule has 2 N–H and O–H groups in total. The van der Waals surface area contributed by atoms with Gasteiger partial charge in [0.25, 0.3) is 0 Å². The monoisotopic (exact) mass is 226 g/mol. The van der Waals surface area contributed by atoms with Crippen molar-refractivity contribution < 1.29 is 5.11 Å². The van der Waals surface area contributed by atoms with Gasteiger partial charge < -0.3 is 10.4 Å². The number of nitrogens with zero attached hydrogens (tertiary/aromatic N) is 1. The van der Waals surface area contributed by atoms with Crippen LogP contribution in [0, 0.1) is 5.92 Å². The number of likely N-dealkylation sites (tertiary alicyclic amines) is 1. The summed E-state index contributed by atoms with van der Waals surface area (Å²) in [5, 5.41) is 12.9. The molecule has 0 radical (unpaired) electrons. The lowest BCUT2D eigenvalue weighted by atomic mass is 10.0. The van der Waals surface area contributed by atoms with Gasteiger partial charge in [-0.2, -0.15) is 0 Å². The highest BCUT2D eigenvalue weighted by Crippen LogP contribution is 2.29. The molecule has 0 bridgehead atoms. The van der Waals surface area contributed by atoms with Crippen molar-refractivity contribution in [1.29, 1.82) is 0 Å². The minimum atomic E-state index is 0.346. The number of hydrogen-bond acceptors (Lipinski definition) is 3. The molecule has 2 aliphatic rings. The van der Waals surface area contributed by atoms with Crippen LogP contribution in [0.3, 0.4) is 0 Å². The van der Waals surface area contributed by atoms with Crippen molar-refractivity contribution in [3.8, 4) is 0 Å². The summed E-state index contributed by atoms with van der Waals surface area (Å²) < 4.78 is 0. The zero-order valence-electron chi connectivity index (χ0n) is 10.5. The lowest BCUT2D eigenvalue weighted by Gasteiger charge is -2.29. The molecule has 3 nitrogen and oxygen atoms in total. The molecule has 3 heteroatoms. The third kappa shape index (κ3) is 2.76. The van der Waals surface area contributed by atoms with Crippen molar-refractivity contribution in [1.82, 2.24) is 10.2 Å². The highest BCUT2D eigenvalue weighted by Gasteiger charge is 2.31. The molecular weight excluding hydrogens is 200 g/mol. The van der Waals surface area contributed by atoms with Gasteiger partial charge in [0.05, 0.1) is 6.61 Å². The van der Waals surface area contributed by atoms with Crippen LogP contribution >= 0.6 is 0 Å². The number of rotatable bonds is 5. The number of nitrogens with one attached hydrogen (secondary N) is 1. The summed E-state index contributed by atoms with van der Waals surface area (Å²) in [6.07, 6.45) is 6.54. The quantitative estimate of drug-likeness (QED) is 0.740. The van der Waals surface area contributed by atoms with E-state index < -0.39 is 0 Å². The van der Waals surface area contributed by atoms with Gasteiger partial charge in [-0.25, -0.2) is 0 Å². The van der Waals surface area contributed by atoms with Gasteiger partial charge in [-0.1, -0.05) is 13.3 Å². The first-order valence-corrected chi connectivity index (χ1v) is 6.93. The predicted molar refractivity (Wildman–Crippen MR) is 66.5 cm³/mol. The van der Waals surface area contributed by atoms with E-state index in [1.54, 1.807) is 0 Å². The van der Waals surface area contributed by atoms with Crippen LogP contribution in [0.25, 0.3) is 0 Å². The zero-order chi connectivity index (χ0) is 11.4. The van der Waals surface area contributed by atoms with Gasteiger partial charge in [-0.3, -0.25) is 4.90 Å². The maximum atomic E-state index is 9.32. The highest BCUT2D eigenvalue weighted by molar-refractivity contribution is 4.88. The van der Waals surface area contributed by atoms with E-state index in [2.05, 4.69) is 17.1 Å². The van der Waals surface area contributed by atoms with Crippen molar-refractivity contribution >= 4 is 0 Å². The summed E-state index contributed by atoms with van der Waals surface area (Å²) in [5.74, 6) is 0.812. The van der Waals surface area contributed by atoms with Gasteiger partial charge in [-0.05, 0) is 44.7 Å². The van der Waals surface area contributed by atoms with Crippen LogP contribution in [-0.2, 0) is 0 Å². The molecule has 2 fully saturated rings. The van der Waals surface area contributed by atoms with Gasteiger partial charge in [0.1, 0.15) is 0 Å². The maximum Gasteiger partial charge on any atom is 0.0586 e. The molecule has 0 spiro atoms. The smallest absolute Gasteiger partial charge is 0.0586 e. The van der Waals surface area contributed by atoms with Crippen LogP contribution in [0.5, 0.6) is 0 Å². The molecule has 0 amide bonds. The Balaban J connectivity index is 1.83. The minimum Gasteiger partial charge on any atom is -0.395 e. The molecule has 1 aliphatic heterocycles. The van der Waals surface area contributed by atoms with Gasteiger partial charge in [-0.15, -0.1) is 0 Å². The van der Waals surface area contributed by atoms with Crippen LogP contribution in [0.2, 0.25) is 0 Å². The van der Waals surface area contributed by atoms with E-state index in [1.807, 2.05) is 0 Å². The van der Waals surface area contributed by atoms with Crippen LogP contribution in [0.1, 0.15) is 39.0 Å². The molecule has 0 aromatic heterocycles. The average molecular weight is 226 g/mol. The summed E-state index contributed by atoms with van der Waals surface area (Å²) in [6, 6.07) is 1.17. The van der Waals surface area contributed by atoms with Crippen molar-refractivity contribution in [2.75, 3.05) is 26.2 Å². The second-order valence-electron chi connectivity index (χ2n) is 5.33. The SMILES string of the molecule is CCNC1CCCC1CN1CCCC1CO. The Morgan fingerprint density at radius 2 is 2.12 bits per heavy atom. The van der Waals surface area contributed by atoms with Crippen molar-refractivity contribution in [3.63, 3.8) is 0 Å². The van der Waals surface area contributed by atoms with Crippen molar-refractivity contribution in [2.24, 2.45) is 5.92 Å². The molecule has 1 aliphatic carbocycles. The summed E-state index contributed by atoms with van der Waals surface area (Å²) in [6.45, 7) is 6.02. The van der Waals surface area contributed by atoms with Crippen LogP contribution in [-0.4, -0.2) is 48.3 Å². The fraction of sp³-hybridized carbons (Fsp3) is 1.00. The Morgan fingerprint density at radius 1 is 1.25 bits per heavy atom. The summed E-state index contributed by atoms with van der Waals surface area (Å²) in [5.41, 5.74) is 0. The molecule has 1 saturated carbocycles. The summed E-state index contributed by atoms with van der Waals surface area (Å²) in [4.78, 5) is 2.51. The molecule has 0 aromatic rings. The van der Waals surface area contributed by atoms with Crippen molar-refractivity contribution in [2.45, 2.75) is 51.1 Å². The second-order valence-corrected chi connectivity index (χ2v) is 5.33. The Labute approximate surface area is 99.2 Å². The molecule has 3 unspecified atom stereocenters. The Kier molecular flexibility index (Phi) is 4.62. The molecule has 94 valence electrons. The fourth-order valence-electron chi connectivity index (χ4n) is 3.43. The van der Waals surface area contributed by atoms with E-state index in [0.717, 1.165) is 18.5 Å². The summed E-state index contributed by atoms with van der Waals surface area (Å²) in [7, 11) is 0. The minimum absolute atomic E-state index is 0.346. The van der Waals surface area contributed by atoms with E-state index in [-0.39, 0.29) is 0 Å². The molecule has 1 heterocycles. The molecule has 16 heavy (non-hydrogen) atoms. The molecular formula is C13H26N2O. The Morgan fingerprint density at radius 3 is 2.88 bits per heavy atom. The largest absolute Gasteiger partial charge is 0.395 e. The number of aliphatic hydroxyl groups is 1. The first-order chi connectivity index (χ1) is 7.85. The van der Waals surface area contributed by atoms with Gasteiger partial charge >= 0.3 is 0 Å². The first kappa shape index (κ1) is 12.3. The molecule has 2 rings (SSSR count). The zero-order valence-corrected chi connectivity index (χ0v) is 10.5. The lowest BCUT2D eigenvalue weighted by molar-refractivity contribution is 0.136. The lowest BCUT2D eigenvalue weighted by Crippen LogP contribution is -2.42. The highest BCUT2D eigenvalue weighted by atomic mass is 16.3.